The number of likely N-dealkylation sites (tertiary alicyclic amines) is 1. The molecular weight excluding hydrogens is 465 g/mol. The fourth-order valence-electron chi connectivity index (χ4n) is 3.70. The number of piperidine rings is 1. The van der Waals surface area contributed by atoms with Crippen LogP contribution in [-0.4, -0.2) is 49.6 Å². The molecule has 1 heterocycles. The molecule has 0 atom stereocenters. The number of aryl methyl sites for hydroxylation is 1. The van der Waals surface area contributed by atoms with Crippen LogP contribution >= 0.6 is 24.0 Å². The smallest absolute Gasteiger partial charge is 0.309 e. The molecule has 0 aromatic heterocycles. The lowest BCUT2D eigenvalue weighted by molar-refractivity contribution is -0.149. The molecule has 5 nitrogen and oxygen atoms in total. The number of hydrogen-bond acceptors (Lipinski definition) is 3. The highest BCUT2D eigenvalue weighted by atomic mass is 127. The van der Waals surface area contributed by atoms with Crippen LogP contribution in [0, 0.1) is 12.8 Å². The third-order valence-corrected chi connectivity index (χ3v) is 5.25. The number of guanidine groups is 1. The maximum Gasteiger partial charge on any atom is 0.309 e. The van der Waals surface area contributed by atoms with Crippen molar-refractivity contribution in [1.29, 1.82) is 0 Å². The summed E-state index contributed by atoms with van der Waals surface area (Å²) >= 11 is 0. The van der Waals surface area contributed by atoms with E-state index in [0.717, 1.165) is 45.0 Å². The van der Waals surface area contributed by atoms with Crippen LogP contribution in [-0.2, 0) is 14.9 Å². The third-order valence-electron chi connectivity index (χ3n) is 5.25. The van der Waals surface area contributed by atoms with E-state index in [4.69, 9.17) is 9.73 Å². The van der Waals surface area contributed by atoms with E-state index >= 15 is 0 Å². The molecule has 2 rings (SSSR count). The predicted molar refractivity (Wildman–Crippen MR) is 127 cm³/mol. The number of nitrogens with one attached hydrogen (secondary N) is 1. The Hall–Kier alpha value is -1.31. The van der Waals surface area contributed by atoms with Gasteiger partial charge in [-0.05, 0) is 44.7 Å². The van der Waals surface area contributed by atoms with E-state index in [0.29, 0.717) is 6.61 Å². The van der Waals surface area contributed by atoms with Crippen molar-refractivity contribution in [3.63, 3.8) is 0 Å². The number of benzene rings is 1. The largest absolute Gasteiger partial charge is 0.466 e. The molecule has 1 aromatic carbocycles. The van der Waals surface area contributed by atoms with E-state index in [-0.39, 0.29) is 41.3 Å². The Kier molecular flexibility index (Phi) is 10.3. The van der Waals surface area contributed by atoms with Crippen molar-refractivity contribution in [1.82, 2.24) is 10.2 Å². The number of rotatable bonds is 6. The lowest BCUT2D eigenvalue weighted by Gasteiger charge is -2.34. The number of halogens is 1. The third kappa shape index (κ3) is 6.64. The van der Waals surface area contributed by atoms with Gasteiger partial charge in [-0.15, -0.1) is 24.0 Å². The molecule has 6 heteroatoms. The Morgan fingerprint density at radius 3 is 2.46 bits per heavy atom. The van der Waals surface area contributed by atoms with Gasteiger partial charge in [0.2, 0.25) is 0 Å². The van der Waals surface area contributed by atoms with E-state index in [9.17, 15) is 4.79 Å². The van der Waals surface area contributed by atoms with Crippen molar-refractivity contribution in [2.45, 2.75) is 52.9 Å². The molecule has 0 bridgehead atoms. The number of carbonyl (C=O) groups is 1. The van der Waals surface area contributed by atoms with E-state index in [1.807, 2.05) is 6.92 Å². The molecule has 0 saturated carbocycles. The van der Waals surface area contributed by atoms with Gasteiger partial charge in [-0.1, -0.05) is 38.1 Å². The second kappa shape index (κ2) is 11.6. The summed E-state index contributed by atoms with van der Waals surface area (Å²) < 4.78 is 5.17. The van der Waals surface area contributed by atoms with Gasteiger partial charge in [-0.2, -0.15) is 0 Å². The Balaban J connectivity index is 0.00000392. The van der Waals surface area contributed by atoms with Crippen molar-refractivity contribution in [2.75, 3.05) is 32.8 Å². The average Bonchev–Trinajstić information content (AvgIpc) is 2.65. The summed E-state index contributed by atoms with van der Waals surface area (Å²) in [6.45, 7) is 14.3. The standard InChI is InChI=1S/C22H35N3O2.HI/c1-6-23-21(25-14-12-18(13-15-25)20(26)27-7-2)24-16-22(4,5)19-11-9-8-10-17(19)3;/h8-11,18H,6-7,12-16H2,1-5H3,(H,23,24);1H. The SMILES string of the molecule is CCNC(=NCC(C)(C)c1ccccc1C)N1CCC(C(=O)OCC)CC1.I. The first-order chi connectivity index (χ1) is 12.9. The van der Waals surface area contributed by atoms with Crippen LogP contribution in [0.5, 0.6) is 0 Å². The predicted octanol–water partition coefficient (Wildman–Crippen LogP) is 4.13. The number of nitrogens with zero attached hydrogens (tertiary/aromatic N) is 2. The minimum atomic E-state index is -0.0558. The topological polar surface area (TPSA) is 53.9 Å². The fourth-order valence-corrected chi connectivity index (χ4v) is 3.70. The van der Waals surface area contributed by atoms with Gasteiger partial charge in [-0.25, -0.2) is 0 Å². The second-order valence-electron chi connectivity index (χ2n) is 7.88. The van der Waals surface area contributed by atoms with Crippen LogP contribution in [0.25, 0.3) is 0 Å². The number of esters is 1. The highest BCUT2D eigenvalue weighted by molar-refractivity contribution is 14.0. The van der Waals surface area contributed by atoms with Crippen LogP contribution in [0.15, 0.2) is 29.3 Å². The summed E-state index contributed by atoms with van der Waals surface area (Å²) in [5, 5.41) is 3.42. The molecule has 1 fully saturated rings. The lowest BCUT2D eigenvalue weighted by atomic mass is 9.82. The molecule has 1 N–H and O–H groups in total. The summed E-state index contributed by atoms with van der Waals surface area (Å²) in [6.07, 6.45) is 1.65. The first kappa shape index (κ1) is 24.7. The summed E-state index contributed by atoms with van der Waals surface area (Å²) in [4.78, 5) is 19.2. The van der Waals surface area contributed by atoms with E-state index in [1.165, 1.54) is 11.1 Å². The lowest BCUT2D eigenvalue weighted by Crippen LogP contribution is -2.47. The first-order valence-electron chi connectivity index (χ1n) is 10.1. The summed E-state index contributed by atoms with van der Waals surface area (Å²) in [5.74, 6) is 0.911. The van der Waals surface area contributed by atoms with Gasteiger partial charge in [0.05, 0.1) is 19.1 Å². The quantitative estimate of drug-likeness (QED) is 0.276. The molecule has 1 aromatic rings. The molecule has 1 aliphatic rings. The van der Waals surface area contributed by atoms with Crippen LogP contribution < -0.4 is 5.32 Å². The molecule has 0 amide bonds. The highest BCUT2D eigenvalue weighted by Gasteiger charge is 2.28. The van der Waals surface area contributed by atoms with Crippen LogP contribution in [0.2, 0.25) is 0 Å². The van der Waals surface area contributed by atoms with Crippen LogP contribution in [0.4, 0.5) is 0 Å². The van der Waals surface area contributed by atoms with E-state index in [1.54, 1.807) is 0 Å². The number of aliphatic imine (C=N–C) groups is 1. The first-order valence-corrected chi connectivity index (χ1v) is 10.1. The maximum atomic E-state index is 12.0. The normalized spacial score (nSPS) is 15.8. The molecule has 0 aliphatic carbocycles. The Morgan fingerprint density at radius 2 is 1.89 bits per heavy atom. The zero-order valence-corrected chi connectivity index (χ0v) is 20.3. The summed E-state index contributed by atoms with van der Waals surface area (Å²) in [7, 11) is 0. The number of ether oxygens (including phenoxy) is 1. The summed E-state index contributed by atoms with van der Waals surface area (Å²) in [6, 6.07) is 8.53. The molecule has 0 unspecified atom stereocenters. The highest BCUT2D eigenvalue weighted by Crippen LogP contribution is 2.27. The van der Waals surface area contributed by atoms with Gasteiger partial charge in [-0.3, -0.25) is 9.79 Å². The number of hydrogen-bond donors (Lipinski definition) is 1. The van der Waals surface area contributed by atoms with Crippen molar-refractivity contribution < 1.29 is 9.53 Å². The van der Waals surface area contributed by atoms with E-state index < -0.39 is 0 Å². The van der Waals surface area contributed by atoms with Crippen molar-refractivity contribution in [3.05, 3.63) is 35.4 Å². The second-order valence-corrected chi connectivity index (χ2v) is 7.88. The Labute approximate surface area is 187 Å². The van der Waals surface area contributed by atoms with Crippen molar-refractivity contribution in [3.8, 4) is 0 Å². The van der Waals surface area contributed by atoms with Crippen LogP contribution in [0.1, 0.15) is 51.7 Å². The average molecular weight is 501 g/mol. The molecule has 28 heavy (non-hydrogen) atoms. The Bertz CT molecular complexity index is 653. The fraction of sp³-hybridized carbons (Fsp3) is 0.636. The summed E-state index contributed by atoms with van der Waals surface area (Å²) in [5.41, 5.74) is 2.61. The monoisotopic (exact) mass is 501 g/mol. The minimum Gasteiger partial charge on any atom is -0.466 e. The molecule has 0 radical (unpaired) electrons. The minimum absolute atomic E-state index is 0. The maximum absolute atomic E-state index is 12.0. The van der Waals surface area contributed by atoms with Gasteiger partial charge in [0.15, 0.2) is 5.96 Å². The zero-order chi connectivity index (χ0) is 19.9. The van der Waals surface area contributed by atoms with Gasteiger partial charge in [0.25, 0.3) is 0 Å². The van der Waals surface area contributed by atoms with E-state index in [2.05, 4.69) is 62.2 Å². The molecule has 158 valence electrons. The molecule has 0 spiro atoms. The number of carbonyl (C=O) groups excluding carboxylic acids is 1. The van der Waals surface area contributed by atoms with Crippen molar-refractivity contribution in [2.24, 2.45) is 10.9 Å². The Morgan fingerprint density at radius 1 is 1.25 bits per heavy atom. The van der Waals surface area contributed by atoms with Gasteiger partial charge in [0, 0.05) is 25.0 Å². The van der Waals surface area contributed by atoms with Gasteiger partial charge < -0.3 is 15.0 Å². The zero-order valence-electron chi connectivity index (χ0n) is 18.0. The van der Waals surface area contributed by atoms with Gasteiger partial charge >= 0.3 is 5.97 Å². The van der Waals surface area contributed by atoms with Crippen molar-refractivity contribution >= 4 is 35.9 Å². The molecule has 1 saturated heterocycles. The van der Waals surface area contributed by atoms with Crippen LogP contribution in [0.3, 0.4) is 0 Å². The van der Waals surface area contributed by atoms with Gasteiger partial charge in [0.1, 0.15) is 0 Å². The molecular formula is C22H36IN3O2. The molecule has 1 aliphatic heterocycles.